The smallest absolute Gasteiger partial charge is 0.260 e. The van der Waals surface area contributed by atoms with Crippen molar-refractivity contribution in [3.05, 3.63) is 88.9 Å². The standard InChI is InChI=1S/C28H29ClN2O3/c1-21(2)31(23-9-5-3-6-10-23)28(32)26-19-25(15-16-27(26)29)34-18-8-4-7-17-33-24-13-11-22(20-30)12-14-24/h3,5-6,9-16,19,21H,4,7-8,17-18H2,1-2H3. The second-order valence-corrected chi connectivity index (χ2v) is 8.55. The Balaban J connectivity index is 1.48. The number of hydrogen-bond donors (Lipinski definition) is 0. The van der Waals surface area contributed by atoms with Gasteiger partial charge < -0.3 is 14.4 Å². The zero-order valence-corrected chi connectivity index (χ0v) is 20.3. The molecule has 5 nitrogen and oxygen atoms in total. The fourth-order valence-electron chi connectivity index (χ4n) is 3.51. The molecule has 0 radical (unpaired) electrons. The van der Waals surface area contributed by atoms with Crippen LogP contribution in [0.1, 0.15) is 49.0 Å². The maximum absolute atomic E-state index is 13.3. The number of rotatable bonds is 11. The van der Waals surface area contributed by atoms with Crippen LogP contribution in [-0.4, -0.2) is 25.2 Å². The molecule has 3 rings (SSSR count). The molecule has 0 aliphatic rings. The van der Waals surface area contributed by atoms with Crippen LogP contribution in [0.4, 0.5) is 5.69 Å². The van der Waals surface area contributed by atoms with Crippen molar-refractivity contribution in [2.45, 2.75) is 39.2 Å². The first kappa shape index (κ1) is 25.1. The summed E-state index contributed by atoms with van der Waals surface area (Å²) in [4.78, 5) is 15.1. The minimum Gasteiger partial charge on any atom is -0.494 e. The number of benzene rings is 3. The molecule has 0 fully saturated rings. The van der Waals surface area contributed by atoms with Gasteiger partial charge in [-0.1, -0.05) is 29.8 Å². The predicted molar refractivity (Wildman–Crippen MR) is 136 cm³/mol. The van der Waals surface area contributed by atoms with Crippen molar-refractivity contribution in [1.29, 1.82) is 5.26 Å². The molecule has 0 saturated heterocycles. The molecule has 176 valence electrons. The summed E-state index contributed by atoms with van der Waals surface area (Å²) >= 11 is 6.38. The average Bonchev–Trinajstić information content (AvgIpc) is 2.85. The zero-order chi connectivity index (χ0) is 24.3. The van der Waals surface area contributed by atoms with Crippen LogP contribution in [0.2, 0.25) is 5.02 Å². The van der Waals surface area contributed by atoms with E-state index in [1.807, 2.05) is 44.2 Å². The van der Waals surface area contributed by atoms with Gasteiger partial charge in [-0.3, -0.25) is 4.79 Å². The van der Waals surface area contributed by atoms with Crippen LogP contribution < -0.4 is 14.4 Å². The maximum atomic E-state index is 13.3. The van der Waals surface area contributed by atoms with Crippen LogP contribution in [0, 0.1) is 11.3 Å². The first-order valence-corrected chi connectivity index (χ1v) is 11.8. The molecule has 0 N–H and O–H groups in total. The van der Waals surface area contributed by atoms with Gasteiger partial charge in [0.25, 0.3) is 5.91 Å². The van der Waals surface area contributed by atoms with E-state index in [2.05, 4.69) is 6.07 Å². The van der Waals surface area contributed by atoms with E-state index in [-0.39, 0.29) is 11.9 Å². The summed E-state index contributed by atoms with van der Waals surface area (Å²) in [6, 6.07) is 24.0. The third-order valence-corrected chi connectivity index (χ3v) is 5.58. The number of carbonyl (C=O) groups is 1. The topological polar surface area (TPSA) is 62.6 Å². The molecule has 0 atom stereocenters. The van der Waals surface area contributed by atoms with Crippen molar-refractivity contribution in [2.24, 2.45) is 0 Å². The molecule has 34 heavy (non-hydrogen) atoms. The van der Waals surface area contributed by atoms with Gasteiger partial charge in [-0.2, -0.15) is 5.26 Å². The van der Waals surface area contributed by atoms with Crippen molar-refractivity contribution in [1.82, 2.24) is 0 Å². The summed E-state index contributed by atoms with van der Waals surface area (Å²) in [5.41, 5.74) is 1.87. The first-order chi connectivity index (χ1) is 16.5. The quantitative estimate of drug-likeness (QED) is 0.282. The summed E-state index contributed by atoms with van der Waals surface area (Å²) in [6.07, 6.45) is 2.71. The van der Waals surface area contributed by atoms with Crippen LogP contribution in [0.3, 0.4) is 0 Å². The second kappa shape index (κ2) is 12.7. The molecule has 0 aromatic heterocycles. The number of halogens is 1. The van der Waals surface area contributed by atoms with Gasteiger partial charge in [-0.25, -0.2) is 0 Å². The Morgan fingerprint density at radius 3 is 2.15 bits per heavy atom. The molecule has 0 bridgehead atoms. The Labute approximate surface area is 206 Å². The zero-order valence-electron chi connectivity index (χ0n) is 19.5. The molecule has 1 amide bonds. The first-order valence-electron chi connectivity index (χ1n) is 11.4. The van der Waals surface area contributed by atoms with E-state index in [9.17, 15) is 4.79 Å². The van der Waals surface area contributed by atoms with E-state index in [0.717, 1.165) is 30.7 Å². The van der Waals surface area contributed by atoms with E-state index in [1.165, 1.54) is 0 Å². The van der Waals surface area contributed by atoms with Crippen LogP contribution in [0.15, 0.2) is 72.8 Å². The Morgan fingerprint density at radius 2 is 1.53 bits per heavy atom. The number of para-hydroxylation sites is 1. The number of unbranched alkanes of at least 4 members (excludes halogenated alkanes) is 2. The van der Waals surface area contributed by atoms with E-state index < -0.39 is 0 Å². The van der Waals surface area contributed by atoms with Crippen molar-refractivity contribution >= 4 is 23.2 Å². The highest BCUT2D eigenvalue weighted by molar-refractivity contribution is 6.34. The molecule has 0 spiro atoms. The summed E-state index contributed by atoms with van der Waals surface area (Å²) in [7, 11) is 0. The summed E-state index contributed by atoms with van der Waals surface area (Å²) in [6.45, 7) is 5.10. The van der Waals surface area contributed by atoms with Gasteiger partial charge in [0.05, 0.1) is 35.4 Å². The number of nitrogens with zero attached hydrogens (tertiary/aromatic N) is 2. The molecule has 0 aliphatic carbocycles. The van der Waals surface area contributed by atoms with Crippen molar-refractivity contribution in [3.8, 4) is 17.6 Å². The molecule has 3 aromatic rings. The highest BCUT2D eigenvalue weighted by Crippen LogP contribution is 2.27. The molecule has 6 heteroatoms. The lowest BCUT2D eigenvalue weighted by molar-refractivity contribution is 0.0980. The Bertz CT molecular complexity index is 1110. The largest absolute Gasteiger partial charge is 0.494 e. The molecule has 0 saturated carbocycles. The highest BCUT2D eigenvalue weighted by Gasteiger charge is 2.23. The lowest BCUT2D eigenvalue weighted by Gasteiger charge is -2.27. The fraction of sp³-hybridized carbons (Fsp3) is 0.286. The number of hydrogen-bond acceptors (Lipinski definition) is 4. The molecule has 3 aromatic carbocycles. The Morgan fingerprint density at radius 1 is 0.912 bits per heavy atom. The van der Waals surface area contributed by atoms with E-state index in [4.69, 9.17) is 26.3 Å². The maximum Gasteiger partial charge on any atom is 0.260 e. The van der Waals surface area contributed by atoms with Gasteiger partial charge in [0.15, 0.2) is 0 Å². The number of amides is 1. The monoisotopic (exact) mass is 476 g/mol. The van der Waals surface area contributed by atoms with Crippen LogP contribution >= 0.6 is 11.6 Å². The molecular formula is C28H29ClN2O3. The minimum atomic E-state index is -0.156. The van der Waals surface area contributed by atoms with Gasteiger partial charge in [0.1, 0.15) is 11.5 Å². The number of carbonyl (C=O) groups excluding carboxylic acids is 1. The molecular weight excluding hydrogens is 448 g/mol. The Kier molecular flexibility index (Phi) is 9.37. The number of nitriles is 1. The highest BCUT2D eigenvalue weighted by atomic mass is 35.5. The summed E-state index contributed by atoms with van der Waals surface area (Å²) in [5.74, 6) is 1.23. The average molecular weight is 477 g/mol. The van der Waals surface area contributed by atoms with E-state index in [0.29, 0.717) is 35.1 Å². The van der Waals surface area contributed by atoms with Crippen molar-refractivity contribution in [2.75, 3.05) is 18.1 Å². The van der Waals surface area contributed by atoms with Gasteiger partial charge in [-0.15, -0.1) is 0 Å². The third-order valence-electron chi connectivity index (χ3n) is 5.25. The molecule has 0 aliphatic heterocycles. The van der Waals surface area contributed by atoms with Crippen LogP contribution in [-0.2, 0) is 0 Å². The van der Waals surface area contributed by atoms with Gasteiger partial charge in [-0.05, 0) is 87.7 Å². The van der Waals surface area contributed by atoms with Crippen LogP contribution in [0.25, 0.3) is 0 Å². The van der Waals surface area contributed by atoms with Gasteiger partial charge in [0.2, 0.25) is 0 Å². The normalized spacial score (nSPS) is 10.6. The van der Waals surface area contributed by atoms with E-state index >= 15 is 0 Å². The minimum absolute atomic E-state index is 0.0259. The Hall–Kier alpha value is -3.49. The number of ether oxygens (including phenoxy) is 2. The van der Waals surface area contributed by atoms with Crippen LogP contribution in [0.5, 0.6) is 11.5 Å². The molecule has 0 unspecified atom stereocenters. The van der Waals surface area contributed by atoms with Gasteiger partial charge in [0, 0.05) is 11.7 Å². The van der Waals surface area contributed by atoms with E-state index in [1.54, 1.807) is 47.4 Å². The number of anilines is 1. The fourth-order valence-corrected chi connectivity index (χ4v) is 3.71. The second-order valence-electron chi connectivity index (χ2n) is 8.14. The summed E-state index contributed by atoms with van der Waals surface area (Å²) in [5, 5.41) is 9.23. The van der Waals surface area contributed by atoms with Gasteiger partial charge >= 0.3 is 0 Å². The predicted octanol–water partition coefficient (Wildman–Crippen LogP) is 6.89. The SMILES string of the molecule is CC(C)N(C(=O)c1cc(OCCCCCOc2ccc(C#N)cc2)ccc1Cl)c1ccccc1. The lowest BCUT2D eigenvalue weighted by Crippen LogP contribution is -2.37. The van der Waals surface area contributed by atoms with Crippen molar-refractivity contribution in [3.63, 3.8) is 0 Å². The summed E-state index contributed by atoms with van der Waals surface area (Å²) < 4.78 is 11.6. The third kappa shape index (κ3) is 7.00. The lowest BCUT2D eigenvalue weighted by atomic mass is 10.1. The molecule has 0 heterocycles. The van der Waals surface area contributed by atoms with Crippen molar-refractivity contribution < 1.29 is 14.3 Å².